The molecule has 2 atom stereocenters. The topological polar surface area (TPSA) is 125 Å². The second-order valence-electron chi connectivity index (χ2n) is 5.56. The molecule has 2 unspecified atom stereocenters. The van der Waals surface area contributed by atoms with Crippen molar-refractivity contribution in [2.75, 3.05) is 12.5 Å². The molecule has 0 saturated carbocycles. The number of sulfonamides is 1. The highest BCUT2D eigenvalue weighted by atomic mass is 35.5. The number of halogens is 5. The highest BCUT2D eigenvalue weighted by Gasteiger charge is 2.54. The molecule has 0 aromatic heterocycles. The van der Waals surface area contributed by atoms with Gasteiger partial charge < -0.3 is 10.3 Å². The van der Waals surface area contributed by atoms with Crippen molar-refractivity contribution in [1.82, 2.24) is 9.53 Å². The third-order valence-corrected chi connectivity index (χ3v) is 5.60. The van der Waals surface area contributed by atoms with E-state index in [1.165, 1.54) is 0 Å². The number of allylic oxidation sites excluding steroid dienone is 1. The van der Waals surface area contributed by atoms with E-state index in [1.807, 2.05) is 4.83 Å². The predicted molar refractivity (Wildman–Crippen MR) is 100 cm³/mol. The molecule has 1 heterocycles. The fraction of sp³-hybridized carbons (Fsp3) is 0.231. The van der Waals surface area contributed by atoms with E-state index in [4.69, 9.17) is 28.9 Å². The number of hydrogen-bond donors (Lipinski definition) is 2. The van der Waals surface area contributed by atoms with Crippen LogP contribution in [0.2, 0.25) is 10.0 Å². The van der Waals surface area contributed by atoms with Crippen molar-refractivity contribution >= 4 is 62.1 Å². The molecule has 0 fully saturated rings. The molecule has 28 heavy (non-hydrogen) atoms. The van der Waals surface area contributed by atoms with Gasteiger partial charge in [-0.3, -0.25) is 4.79 Å². The summed E-state index contributed by atoms with van der Waals surface area (Å²) in [4.78, 5) is 13.0. The Morgan fingerprint density at radius 2 is 1.82 bits per heavy atom. The minimum atomic E-state index is -4.79. The first kappa shape index (κ1) is 22.9. The van der Waals surface area contributed by atoms with Gasteiger partial charge in [-0.1, -0.05) is 23.2 Å². The first-order valence-corrected chi connectivity index (χ1v) is 11.2. The molecule has 15 heteroatoms. The number of benzene rings is 1. The van der Waals surface area contributed by atoms with Crippen LogP contribution in [0, 0.1) is 0 Å². The van der Waals surface area contributed by atoms with E-state index >= 15 is 0 Å². The van der Waals surface area contributed by atoms with Gasteiger partial charge in [0.1, 0.15) is 16.3 Å². The van der Waals surface area contributed by atoms with Crippen molar-refractivity contribution < 1.29 is 30.9 Å². The molecule has 3 N–H and O–H groups in total. The Bertz CT molecular complexity index is 989. The molecular weight excluding hydrogens is 468 g/mol. The molecule has 0 aliphatic carbocycles. The molecule has 1 aliphatic heterocycles. The largest absolute Gasteiger partial charge is 0.611 e. The minimum Gasteiger partial charge on any atom is -0.611 e. The van der Waals surface area contributed by atoms with Crippen LogP contribution in [-0.2, 0) is 32.2 Å². The van der Waals surface area contributed by atoms with Gasteiger partial charge in [0.2, 0.25) is 11.4 Å². The number of rotatable bonds is 5. The standard InChI is InChI=1S/C13H12Cl2F3N4O4S2/c1-27(24)11-9(5-23)20-22(12(11)19,21-28(2,25)26)10-7(14)3-6(4-8(10)15)13(16,17)18/h3-5,21H,19H2,1-2H3/q+1. The third kappa shape index (κ3) is 4.15. The summed E-state index contributed by atoms with van der Waals surface area (Å²) in [5.74, 6) is -0.558. The Morgan fingerprint density at radius 1 is 1.32 bits per heavy atom. The van der Waals surface area contributed by atoms with Crippen LogP contribution in [0.4, 0.5) is 18.9 Å². The Balaban J connectivity index is 2.93. The molecule has 0 amide bonds. The SMILES string of the molecule is C[S+]([O-])C1=C(N)[N+](NS(C)(=O)=O)(c2c(Cl)cc(C(F)(F)F)cc2Cl)N=C1C=O. The minimum absolute atomic E-state index is 0.166. The highest BCUT2D eigenvalue weighted by Crippen LogP contribution is 2.46. The number of nitrogens with one attached hydrogen (secondary N) is 1. The van der Waals surface area contributed by atoms with Crippen molar-refractivity contribution in [2.24, 2.45) is 10.8 Å². The molecule has 8 nitrogen and oxygen atoms in total. The Morgan fingerprint density at radius 3 is 2.14 bits per heavy atom. The van der Waals surface area contributed by atoms with Crippen LogP contribution < -0.4 is 15.3 Å². The summed E-state index contributed by atoms with van der Waals surface area (Å²) in [6.45, 7) is 0. The summed E-state index contributed by atoms with van der Waals surface area (Å²) in [7, 11) is -4.15. The van der Waals surface area contributed by atoms with Crippen LogP contribution in [0.1, 0.15) is 5.56 Å². The van der Waals surface area contributed by atoms with Crippen LogP contribution in [0.15, 0.2) is 28.0 Å². The van der Waals surface area contributed by atoms with Gasteiger partial charge in [-0.05, 0) is 37.9 Å². The van der Waals surface area contributed by atoms with Crippen LogP contribution >= 0.6 is 23.2 Å². The van der Waals surface area contributed by atoms with Gasteiger partial charge in [0.05, 0.1) is 11.8 Å². The summed E-state index contributed by atoms with van der Waals surface area (Å²) in [5, 5.41) is 2.56. The van der Waals surface area contributed by atoms with E-state index in [0.29, 0.717) is 18.4 Å². The van der Waals surface area contributed by atoms with Gasteiger partial charge in [0, 0.05) is 0 Å². The molecule has 2 rings (SSSR count). The van der Waals surface area contributed by atoms with E-state index in [0.717, 1.165) is 6.26 Å². The first-order chi connectivity index (χ1) is 12.6. The monoisotopic (exact) mass is 479 g/mol. The number of nitrogens with zero attached hydrogens (tertiary/aromatic N) is 2. The normalized spacial score (nSPS) is 21.6. The smallest absolute Gasteiger partial charge is 0.416 e. The zero-order chi connectivity index (χ0) is 21.7. The Hall–Kier alpha value is -1.35. The van der Waals surface area contributed by atoms with E-state index < -0.39 is 64.9 Å². The van der Waals surface area contributed by atoms with Crippen molar-refractivity contribution in [3.8, 4) is 0 Å². The van der Waals surface area contributed by atoms with Gasteiger partial charge >= 0.3 is 12.0 Å². The second kappa shape index (κ2) is 7.48. The average molecular weight is 480 g/mol. The van der Waals surface area contributed by atoms with Gasteiger partial charge in [0.15, 0.2) is 6.29 Å². The maximum Gasteiger partial charge on any atom is 0.416 e. The van der Waals surface area contributed by atoms with E-state index in [1.54, 1.807) is 0 Å². The molecule has 1 aliphatic rings. The van der Waals surface area contributed by atoms with Crippen molar-refractivity contribution in [3.63, 3.8) is 0 Å². The highest BCUT2D eigenvalue weighted by molar-refractivity contribution is 7.95. The number of hydrogen-bond acceptors (Lipinski definition) is 6. The van der Waals surface area contributed by atoms with Crippen LogP contribution in [0.5, 0.6) is 0 Å². The molecule has 0 saturated heterocycles. The number of nitrogens with two attached hydrogens (primary N) is 1. The van der Waals surface area contributed by atoms with Gasteiger partial charge in [-0.15, -0.1) is 0 Å². The summed E-state index contributed by atoms with van der Waals surface area (Å²) in [6, 6.07) is 0.994. The van der Waals surface area contributed by atoms with Crippen LogP contribution in [-0.4, -0.2) is 37.5 Å². The third-order valence-electron chi connectivity index (χ3n) is 3.44. The van der Waals surface area contributed by atoms with Crippen molar-refractivity contribution in [3.05, 3.63) is 38.5 Å². The maximum atomic E-state index is 13.0. The van der Waals surface area contributed by atoms with Crippen molar-refractivity contribution in [1.29, 1.82) is 0 Å². The summed E-state index contributed by atoms with van der Waals surface area (Å²) in [6.07, 6.45) is -2.76. The van der Waals surface area contributed by atoms with E-state index in [-0.39, 0.29) is 11.2 Å². The molecule has 0 radical (unpaired) electrons. The Kier molecular flexibility index (Phi) is 6.13. The lowest BCUT2D eigenvalue weighted by Gasteiger charge is -2.28. The second-order valence-corrected chi connectivity index (χ2v) is 9.41. The summed E-state index contributed by atoms with van der Waals surface area (Å²) >= 11 is 10.0. The zero-order valence-corrected chi connectivity index (χ0v) is 17.2. The van der Waals surface area contributed by atoms with Crippen LogP contribution in [0.25, 0.3) is 0 Å². The number of quaternary nitrogens is 1. The molecular formula is C13H12Cl2F3N4O4S2+. The fourth-order valence-corrected chi connectivity index (χ4v) is 4.73. The number of carbonyl (C=O) groups is 1. The lowest BCUT2D eigenvalue weighted by atomic mass is 10.2. The number of alkyl halides is 3. The molecule has 0 spiro atoms. The lowest BCUT2D eigenvalue weighted by molar-refractivity contribution is -0.137. The molecule has 1 aromatic carbocycles. The predicted octanol–water partition coefficient (Wildman–Crippen LogP) is 1.86. The molecule has 1 aromatic rings. The maximum absolute atomic E-state index is 13.0. The van der Waals surface area contributed by atoms with Crippen LogP contribution in [0.3, 0.4) is 0 Å². The first-order valence-electron chi connectivity index (χ1n) is 6.98. The molecule has 0 bridgehead atoms. The zero-order valence-electron chi connectivity index (χ0n) is 14.0. The van der Waals surface area contributed by atoms with Gasteiger partial charge in [-0.25, -0.2) is 8.42 Å². The summed E-state index contributed by atoms with van der Waals surface area (Å²) in [5.41, 5.74) is 3.75. The van der Waals surface area contributed by atoms with E-state index in [2.05, 4.69) is 5.10 Å². The Labute approximate surface area is 170 Å². The number of aldehydes is 1. The average Bonchev–Trinajstić information content (AvgIpc) is 2.76. The van der Waals surface area contributed by atoms with Gasteiger partial charge in [-0.2, -0.15) is 13.2 Å². The lowest BCUT2D eigenvalue weighted by Crippen LogP contribution is -2.58. The summed E-state index contributed by atoms with van der Waals surface area (Å²) < 4.78 is 73.4. The van der Waals surface area contributed by atoms with Gasteiger partial charge in [0.25, 0.3) is 14.9 Å². The van der Waals surface area contributed by atoms with Crippen molar-refractivity contribution in [2.45, 2.75) is 6.18 Å². The molecule has 154 valence electrons. The quantitative estimate of drug-likeness (QED) is 0.378. The number of carbonyl (C=O) groups excluding carboxylic acids is 1. The fourth-order valence-electron chi connectivity index (χ4n) is 2.47. The van der Waals surface area contributed by atoms with E-state index in [9.17, 15) is 30.9 Å².